The second-order valence-electron chi connectivity index (χ2n) is 7.06. The molecular weight excluding hydrogens is 478 g/mol. The molecule has 0 unspecified atom stereocenters. The highest BCUT2D eigenvalue weighted by Crippen LogP contribution is 2.30. The Morgan fingerprint density at radius 2 is 1.94 bits per heavy atom. The molecule has 0 aliphatic rings. The van der Waals surface area contributed by atoms with Crippen LogP contribution in [0.2, 0.25) is 10.0 Å². The van der Waals surface area contributed by atoms with Crippen molar-refractivity contribution in [2.75, 3.05) is 5.88 Å². The van der Waals surface area contributed by atoms with Crippen LogP contribution in [0.15, 0.2) is 47.5 Å². The zero-order chi connectivity index (χ0) is 23.3. The summed E-state index contributed by atoms with van der Waals surface area (Å²) in [7, 11) is 0. The van der Waals surface area contributed by atoms with E-state index in [1.54, 1.807) is 13.0 Å². The Morgan fingerprint density at radius 1 is 1.16 bits per heavy atom. The average Bonchev–Trinajstić information content (AvgIpc) is 2.77. The Kier molecular flexibility index (Phi) is 8.26. The molecule has 0 bridgehead atoms. The Bertz CT molecular complexity index is 1140. The molecule has 2 aromatic carbocycles. The maximum atomic E-state index is 14.3. The first kappa shape index (κ1) is 24.2. The number of halogens is 4. The number of aromatic nitrogens is 2. The molecule has 0 aliphatic carbocycles. The molecule has 3 rings (SSSR count). The number of benzene rings is 2. The lowest BCUT2D eigenvalue weighted by molar-refractivity contribution is 0.234. The van der Waals surface area contributed by atoms with Crippen LogP contribution in [-0.2, 0) is 6.42 Å². The Morgan fingerprint density at radius 3 is 2.62 bits per heavy atom. The number of rotatable bonds is 7. The predicted octanol–water partition coefficient (Wildman–Crippen LogP) is 5.91. The fourth-order valence-corrected chi connectivity index (χ4v) is 3.59. The molecule has 0 aliphatic heterocycles. The highest BCUT2D eigenvalue weighted by atomic mass is 35.5. The minimum atomic E-state index is -0.745. The van der Waals surface area contributed by atoms with Gasteiger partial charge in [-0.2, -0.15) is 5.10 Å². The molecule has 0 saturated heterocycles. The van der Waals surface area contributed by atoms with Crippen LogP contribution < -0.4 is 10.2 Å². The van der Waals surface area contributed by atoms with Crippen LogP contribution in [0.3, 0.4) is 0 Å². The summed E-state index contributed by atoms with van der Waals surface area (Å²) < 4.78 is 19.9. The summed E-state index contributed by atoms with van der Waals surface area (Å²) in [6, 6.07) is 11.2. The summed E-state index contributed by atoms with van der Waals surface area (Å²) in [4.78, 5) is 4.52. The fourth-order valence-electron chi connectivity index (χ4n) is 2.94. The van der Waals surface area contributed by atoms with E-state index in [0.717, 1.165) is 11.1 Å². The van der Waals surface area contributed by atoms with Gasteiger partial charge in [0.15, 0.2) is 17.4 Å². The minimum absolute atomic E-state index is 0.0364. The van der Waals surface area contributed by atoms with Gasteiger partial charge in [0.05, 0.1) is 22.3 Å². The van der Waals surface area contributed by atoms with E-state index >= 15 is 0 Å². The fraction of sp³-hybridized carbons (Fsp3) is 0.227. The molecule has 32 heavy (non-hydrogen) atoms. The molecule has 10 heteroatoms. The van der Waals surface area contributed by atoms with Crippen LogP contribution in [0.5, 0.6) is 11.6 Å². The summed E-state index contributed by atoms with van der Waals surface area (Å²) >= 11 is 18.3. The molecule has 1 atom stereocenters. The summed E-state index contributed by atoms with van der Waals surface area (Å²) in [5, 5.41) is 18.3. The van der Waals surface area contributed by atoms with Gasteiger partial charge in [0.1, 0.15) is 0 Å². The maximum Gasteiger partial charge on any atom is 0.250 e. The molecule has 2 N–H and O–H groups in total. The average molecular weight is 498 g/mol. The lowest BCUT2D eigenvalue weighted by atomic mass is 10.1. The van der Waals surface area contributed by atoms with Gasteiger partial charge in [0.25, 0.3) is 0 Å². The summed E-state index contributed by atoms with van der Waals surface area (Å²) in [5.74, 6) is -0.764. The van der Waals surface area contributed by atoms with Gasteiger partial charge in [-0.25, -0.2) is 4.39 Å². The largest absolute Gasteiger partial charge is 0.434 e. The molecule has 0 saturated carbocycles. The van der Waals surface area contributed by atoms with Crippen LogP contribution in [-0.4, -0.2) is 33.2 Å². The normalized spacial score (nSPS) is 12.5. The first-order valence-electron chi connectivity index (χ1n) is 9.57. The predicted molar refractivity (Wildman–Crippen MR) is 124 cm³/mol. The van der Waals surface area contributed by atoms with Crippen molar-refractivity contribution in [3.63, 3.8) is 0 Å². The number of aryl methyl sites for hydroxylation is 2. The van der Waals surface area contributed by atoms with Crippen molar-refractivity contribution in [1.29, 1.82) is 0 Å². The molecule has 0 radical (unpaired) electrons. The number of hydrogen-bond acceptors (Lipinski definition) is 5. The van der Waals surface area contributed by atoms with Crippen molar-refractivity contribution in [2.24, 2.45) is 4.99 Å². The monoisotopic (exact) mass is 496 g/mol. The Labute approximate surface area is 200 Å². The highest BCUT2D eigenvalue weighted by molar-refractivity contribution is 6.31. The lowest BCUT2D eigenvalue weighted by Gasteiger charge is -2.16. The quantitative estimate of drug-likeness (QED) is 0.184. The summed E-state index contributed by atoms with van der Waals surface area (Å²) in [6.45, 7) is 3.66. The summed E-state index contributed by atoms with van der Waals surface area (Å²) in [6.07, 6.45) is 0.435. The van der Waals surface area contributed by atoms with E-state index in [2.05, 4.69) is 20.7 Å². The second kappa shape index (κ2) is 10.9. The SMILES string of the molecule is Cc1ccc(C[C@@H](CCl)N=C(NO)c2cc(C)nnc2Oc2cccc(Cl)c2F)c(Cl)c1. The van der Waals surface area contributed by atoms with Gasteiger partial charge in [-0.3, -0.25) is 15.7 Å². The van der Waals surface area contributed by atoms with Crippen molar-refractivity contribution in [2.45, 2.75) is 26.3 Å². The van der Waals surface area contributed by atoms with Gasteiger partial charge < -0.3 is 4.74 Å². The van der Waals surface area contributed by atoms with E-state index in [0.29, 0.717) is 17.1 Å². The molecule has 1 heterocycles. The zero-order valence-electron chi connectivity index (χ0n) is 17.2. The Balaban J connectivity index is 1.96. The van der Waals surface area contributed by atoms with Gasteiger partial charge in [0.2, 0.25) is 5.88 Å². The molecule has 0 amide bonds. The van der Waals surface area contributed by atoms with Crippen molar-refractivity contribution in [1.82, 2.24) is 15.7 Å². The third kappa shape index (κ3) is 5.86. The van der Waals surface area contributed by atoms with Crippen LogP contribution in [0.1, 0.15) is 22.4 Å². The van der Waals surface area contributed by atoms with E-state index in [1.165, 1.54) is 18.2 Å². The number of ether oxygens (including phenoxy) is 1. The molecular formula is C22H20Cl3FN4O2. The highest BCUT2D eigenvalue weighted by Gasteiger charge is 2.19. The Hall–Kier alpha value is -2.45. The number of hydrogen-bond donors (Lipinski definition) is 2. The summed E-state index contributed by atoms with van der Waals surface area (Å²) in [5.41, 5.74) is 4.77. The van der Waals surface area contributed by atoms with Gasteiger partial charge >= 0.3 is 0 Å². The number of nitrogens with one attached hydrogen (secondary N) is 1. The van der Waals surface area contributed by atoms with Gasteiger partial charge in [-0.05, 0) is 55.7 Å². The van der Waals surface area contributed by atoms with Crippen LogP contribution in [0.25, 0.3) is 0 Å². The molecule has 6 nitrogen and oxygen atoms in total. The molecule has 0 fully saturated rings. The third-order valence-electron chi connectivity index (χ3n) is 4.52. The molecule has 3 aromatic rings. The van der Waals surface area contributed by atoms with Crippen LogP contribution in [0.4, 0.5) is 4.39 Å². The topological polar surface area (TPSA) is 79.6 Å². The minimum Gasteiger partial charge on any atom is -0.434 e. The van der Waals surface area contributed by atoms with Crippen molar-refractivity contribution in [3.8, 4) is 11.6 Å². The standard InChI is InChI=1S/C22H20Cl3FN4O2/c1-12-6-7-14(18(25)8-12)10-15(11-23)27-21(30-31)16-9-13(2)28-29-22(16)32-19-5-3-4-17(24)20(19)26/h3-9,15,31H,10-11H2,1-2H3,(H,27,30)/t15-/m0/s1. The van der Waals surface area contributed by atoms with E-state index in [4.69, 9.17) is 39.5 Å². The number of aliphatic imine (C=N–C) groups is 1. The lowest BCUT2D eigenvalue weighted by Crippen LogP contribution is -2.26. The van der Waals surface area contributed by atoms with Crippen molar-refractivity contribution < 1.29 is 14.3 Å². The zero-order valence-corrected chi connectivity index (χ0v) is 19.5. The number of nitrogens with zero attached hydrogens (tertiary/aromatic N) is 3. The first-order chi connectivity index (χ1) is 15.3. The van der Waals surface area contributed by atoms with Gasteiger partial charge in [-0.1, -0.05) is 41.4 Å². The van der Waals surface area contributed by atoms with Crippen LogP contribution in [0, 0.1) is 19.7 Å². The van der Waals surface area contributed by atoms with Gasteiger partial charge in [0, 0.05) is 10.9 Å². The van der Waals surface area contributed by atoms with Gasteiger partial charge in [-0.15, -0.1) is 16.7 Å². The van der Waals surface area contributed by atoms with Crippen molar-refractivity contribution >= 4 is 40.6 Å². The first-order valence-corrected chi connectivity index (χ1v) is 10.9. The van der Waals surface area contributed by atoms with E-state index in [-0.39, 0.29) is 33.9 Å². The number of alkyl halides is 1. The maximum absolute atomic E-state index is 14.3. The van der Waals surface area contributed by atoms with E-state index < -0.39 is 11.9 Å². The molecule has 1 aromatic heterocycles. The van der Waals surface area contributed by atoms with Crippen LogP contribution >= 0.6 is 34.8 Å². The molecule has 0 spiro atoms. The van der Waals surface area contributed by atoms with E-state index in [9.17, 15) is 9.60 Å². The smallest absolute Gasteiger partial charge is 0.250 e. The number of amidine groups is 1. The van der Waals surface area contributed by atoms with Crippen molar-refractivity contribution in [3.05, 3.63) is 80.7 Å². The molecule has 168 valence electrons. The van der Waals surface area contributed by atoms with E-state index in [1.807, 2.05) is 25.1 Å². The second-order valence-corrected chi connectivity index (χ2v) is 8.18. The third-order valence-corrected chi connectivity index (χ3v) is 5.52. The number of hydroxylamine groups is 1.